The van der Waals surface area contributed by atoms with Crippen molar-refractivity contribution in [2.75, 3.05) is 0 Å². The Kier molecular flexibility index (Phi) is 7.33. The summed E-state index contributed by atoms with van der Waals surface area (Å²) in [5, 5.41) is 0. The Balaban J connectivity index is 1.30. The lowest BCUT2D eigenvalue weighted by Gasteiger charge is -2.45. The van der Waals surface area contributed by atoms with E-state index in [1.807, 2.05) is 6.08 Å². The van der Waals surface area contributed by atoms with Gasteiger partial charge >= 0.3 is 0 Å². The molecule has 0 heteroatoms. The molecule has 29 heavy (non-hydrogen) atoms. The summed E-state index contributed by atoms with van der Waals surface area (Å²) in [6, 6.07) is 7.35. The summed E-state index contributed by atoms with van der Waals surface area (Å²) in [5.74, 6) is 5.08. The third kappa shape index (κ3) is 5.25. The first-order valence-electron chi connectivity index (χ1n) is 12.6. The highest BCUT2D eigenvalue weighted by molar-refractivity contribution is 5.34. The van der Waals surface area contributed by atoms with E-state index in [9.17, 15) is 0 Å². The van der Waals surface area contributed by atoms with Crippen LogP contribution >= 0.6 is 0 Å². The van der Waals surface area contributed by atoms with E-state index < -0.39 is 0 Å². The minimum Gasteiger partial charge on any atom is -0.103 e. The van der Waals surface area contributed by atoms with Gasteiger partial charge in [-0.1, -0.05) is 42.8 Å². The summed E-state index contributed by atoms with van der Waals surface area (Å²) in [4.78, 5) is 0. The molecule has 0 heterocycles. The Morgan fingerprint density at radius 3 is 2.52 bits per heavy atom. The van der Waals surface area contributed by atoms with E-state index in [4.69, 9.17) is 0 Å². The van der Waals surface area contributed by atoms with Crippen molar-refractivity contribution in [3.8, 4) is 0 Å². The van der Waals surface area contributed by atoms with Crippen molar-refractivity contribution in [1.82, 2.24) is 0 Å². The maximum Gasteiger partial charge on any atom is -0.0244 e. The third-order valence-electron chi connectivity index (χ3n) is 8.58. The van der Waals surface area contributed by atoms with E-state index in [0.29, 0.717) is 0 Å². The second-order valence-corrected chi connectivity index (χ2v) is 10.4. The van der Waals surface area contributed by atoms with Crippen molar-refractivity contribution in [2.24, 2.45) is 29.6 Å². The molecule has 0 aromatic heterocycles. The van der Waals surface area contributed by atoms with Crippen LogP contribution in [0.15, 0.2) is 43.0 Å². The zero-order valence-corrected chi connectivity index (χ0v) is 18.8. The Hall–Kier alpha value is -1.30. The molecule has 1 aromatic rings. The molecule has 0 spiro atoms. The van der Waals surface area contributed by atoms with Crippen LogP contribution in [0.25, 0.3) is 0 Å². The van der Waals surface area contributed by atoms with Crippen LogP contribution in [0, 0.1) is 29.6 Å². The summed E-state index contributed by atoms with van der Waals surface area (Å²) in [5.41, 5.74) is 4.82. The fraction of sp³-hybridized carbons (Fsp3) is 0.655. The van der Waals surface area contributed by atoms with Gasteiger partial charge in [0.25, 0.3) is 0 Å². The molecule has 5 unspecified atom stereocenters. The van der Waals surface area contributed by atoms with Crippen LogP contribution in [0.5, 0.6) is 0 Å². The summed E-state index contributed by atoms with van der Waals surface area (Å²) >= 11 is 0. The number of benzene rings is 1. The van der Waals surface area contributed by atoms with Gasteiger partial charge in [0.1, 0.15) is 0 Å². The first-order valence-corrected chi connectivity index (χ1v) is 12.6. The Morgan fingerprint density at radius 1 is 0.897 bits per heavy atom. The summed E-state index contributed by atoms with van der Waals surface area (Å²) in [6.45, 7) is 6.03. The largest absolute Gasteiger partial charge is 0.103 e. The summed E-state index contributed by atoms with van der Waals surface area (Å²) < 4.78 is 0. The molecule has 3 aliphatic carbocycles. The minimum absolute atomic E-state index is 0.954. The molecule has 0 N–H and O–H groups in total. The zero-order chi connectivity index (χ0) is 20.1. The fourth-order valence-corrected chi connectivity index (χ4v) is 6.87. The van der Waals surface area contributed by atoms with Crippen LogP contribution in [0.3, 0.4) is 0 Å². The maximum atomic E-state index is 3.87. The van der Waals surface area contributed by atoms with Gasteiger partial charge in [0.2, 0.25) is 0 Å². The Morgan fingerprint density at radius 2 is 1.69 bits per heavy atom. The van der Waals surface area contributed by atoms with E-state index in [-0.39, 0.29) is 0 Å². The quantitative estimate of drug-likeness (QED) is 0.412. The van der Waals surface area contributed by atoms with Crippen molar-refractivity contribution < 1.29 is 0 Å². The predicted molar refractivity (Wildman–Crippen MR) is 126 cm³/mol. The predicted octanol–water partition coefficient (Wildman–Crippen LogP) is 8.10. The molecule has 0 aliphatic heterocycles. The van der Waals surface area contributed by atoms with Crippen molar-refractivity contribution >= 4 is 0 Å². The van der Waals surface area contributed by atoms with Gasteiger partial charge in [-0.3, -0.25) is 0 Å². The van der Waals surface area contributed by atoms with Crippen LogP contribution in [-0.4, -0.2) is 0 Å². The third-order valence-corrected chi connectivity index (χ3v) is 8.58. The Bertz CT molecular complexity index is 696. The van der Waals surface area contributed by atoms with E-state index >= 15 is 0 Å². The monoisotopic (exact) mass is 390 g/mol. The molecule has 0 radical (unpaired) electrons. The van der Waals surface area contributed by atoms with E-state index in [1.165, 1.54) is 69.8 Å². The van der Waals surface area contributed by atoms with Gasteiger partial charge in [-0.15, -0.1) is 6.58 Å². The number of hydrogen-bond donors (Lipinski definition) is 0. The lowest BCUT2D eigenvalue weighted by molar-refractivity contribution is 0.0699. The molecule has 0 bridgehead atoms. The first kappa shape index (κ1) is 21.0. The molecular formula is C29H42. The lowest BCUT2D eigenvalue weighted by Crippen LogP contribution is -2.35. The molecule has 0 nitrogen and oxygen atoms in total. The van der Waals surface area contributed by atoms with Crippen LogP contribution in [0.4, 0.5) is 0 Å². The van der Waals surface area contributed by atoms with Crippen molar-refractivity contribution in [3.05, 3.63) is 59.7 Å². The summed E-state index contributed by atoms with van der Waals surface area (Å²) in [6.07, 6.45) is 24.9. The normalized spacial score (nSPS) is 32.0. The topological polar surface area (TPSA) is 0 Å². The standard InChI is InChI=1S/C29H42/c1-3-5-7-9-23-11-13-27-21-29(17-15-25(27)19-23)28-16-14-24-18-22(8-6-4-2)10-12-26(24)20-28/h3-5,10,12,18,23,25,27-29H,2,6-9,11,13-17,19-21H2,1H3. The molecular weight excluding hydrogens is 348 g/mol. The van der Waals surface area contributed by atoms with Crippen LogP contribution in [0.2, 0.25) is 0 Å². The van der Waals surface area contributed by atoms with E-state index in [0.717, 1.165) is 42.4 Å². The number of allylic oxidation sites excluding steroid dienone is 3. The van der Waals surface area contributed by atoms with Gasteiger partial charge in [-0.05, 0) is 130 Å². The van der Waals surface area contributed by atoms with Gasteiger partial charge in [0.05, 0.1) is 0 Å². The SMILES string of the molecule is C=CCCc1ccc2c(c1)CCC(C1CCC3CC(CCC=CC)CCC3C1)C2. The molecule has 4 rings (SSSR count). The number of fused-ring (bicyclic) bond motifs is 2. The van der Waals surface area contributed by atoms with Crippen LogP contribution in [0.1, 0.15) is 87.8 Å². The highest BCUT2D eigenvalue weighted by Gasteiger charge is 2.38. The van der Waals surface area contributed by atoms with Gasteiger partial charge in [-0.2, -0.15) is 0 Å². The van der Waals surface area contributed by atoms with Gasteiger partial charge in [0.15, 0.2) is 0 Å². The molecule has 3 aliphatic rings. The Labute approximate surface area is 179 Å². The van der Waals surface area contributed by atoms with Gasteiger partial charge < -0.3 is 0 Å². The number of rotatable bonds is 7. The molecule has 2 fully saturated rings. The molecule has 0 amide bonds. The van der Waals surface area contributed by atoms with E-state index in [2.05, 4.69) is 43.9 Å². The van der Waals surface area contributed by atoms with Crippen molar-refractivity contribution in [3.63, 3.8) is 0 Å². The molecule has 158 valence electrons. The van der Waals surface area contributed by atoms with Crippen LogP contribution in [-0.2, 0) is 19.3 Å². The van der Waals surface area contributed by atoms with E-state index in [1.54, 1.807) is 17.5 Å². The van der Waals surface area contributed by atoms with Gasteiger partial charge in [-0.25, -0.2) is 0 Å². The first-order chi connectivity index (χ1) is 14.3. The maximum absolute atomic E-state index is 3.87. The highest BCUT2D eigenvalue weighted by atomic mass is 14.4. The number of hydrogen-bond acceptors (Lipinski definition) is 0. The average Bonchev–Trinajstić information content (AvgIpc) is 2.77. The second-order valence-electron chi connectivity index (χ2n) is 10.4. The second kappa shape index (κ2) is 10.1. The minimum atomic E-state index is 0.954. The van der Waals surface area contributed by atoms with Crippen molar-refractivity contribution in [1.29, 1.82) is 0 Å². The lowest BCUT2D eigenvalue weighted by atomic mass is 9.61. The summed E-state index contributed by atoms with van der Waals surface area (Å²) in [7, 11) is 0. The zero-order valence-electron chi connectivity index (χ0n) is 18.8. The fourth-order valence-electron chi connectivity index (χ4n) is 6.87. The van der Waals surface area contributed by atoms with Gasteiger partial charge in [0, 0.05) is 0 Å². The number of aryl methyl sites for hydroxylation is 2. The average molecular weight is 391 g/mol. The highest BCUT2D eigenvalue weighted by Crippen LogP contribution is 2.49. The molecule has 5 atom stereocenters. The van der Waals surface area contributed by atoms with Crippen LogP contribution < -0.4 is 0 Å². The smallest absolute Gasteiger partial charge is 0.0244 e. The molecule has 1 aromatic carbocycles. The molecule has 0 saturated heterocycles. The van der Waals surface area contributed by atoms with Crippen molar-refractivity contribution in [2.45, 2.75) is 90.4 Å². The molecule has 2 saturated carbocycles.